The number of hydrogen-bond acceptors (Lipinski definition) is 3. The number of ether oxygens (including phenoxy) is 1. The summed E-state index contributed by atoms with van der Waals surface area (Å²) in [7, 11) is 1.66. The fourth-order valence-corrected chi connectivity index (χ4v) is 3.12. The lowest BCUT2D eigenvalue weighted by atomic mass is 9.68. The molecular formula is C15H22N2O2. The molecule has 0 atom stereocenters. The zero-order valence-electron chi connectivity index (χ0n) is 11.7. The molecule has 0 aliphatic heterocycles. The molecule has 0 heterocycles. The summed E-state index contributed by atoms with van der Waals surface area (Å²) in [6.07, 6.45) is 5.05. The largest absolute Gasteiger partial charge is 0.496 e. The van der Waals surface area contributed by atoms with Gasteiger partial charge in [-0.25, -0.2) is 5.84 Å². The Kier molecular flexibility index (Phi) is 4.10. The number of carbonyl (C=O) groups is 1. The summed E-state index contributed by atoms with van der Waals surface area (Å²) in [5, 5.41) is 0. The fraction of sp³-hybridized carbons (Fsp3) is 0.533. The van der Waals surface area contributed by atoms with Gasteiger partial charge in [0.1, 0.15) is 5.75 Å². The van der Waals surface area contributed by atoms with Crippen LogP contribution in [-0.4, -0.2) is 13.0 Å². The first-order valence-corrected chi connectivity index (χ1v) is 6.80. The van der Waals surface area contributed by atoms with Crippen molar-refractivity contribution in [1.29, 1.82) is 0 Å². The Morgan fingerprint density at radius 1 is 1.32 bits per heavy atom. The zero-order valence-corrected chi connectivity index (χ0v) is 11.7. The lowest BCUT2D eigenvalue weighted by Gasteiger charge is -2.36. The number of methoxy groups -OCH3 is 1. The number of aryl methyl sites for hydroxylation is 1. The minimum Gasteiger partial charge on any atom is -0.496 e. The van der Waals surface area contributed by atoms with Gasteiger partial charge in [0.2, 0.25) is 5.91 Å². The van der Waals surface area contributed by atoms with E-state index in [1.165, 1.54) is 6.42 Å². The molecule has 0 aromatic heterocycles. The van der Waals surface area contributed by atoms with Crippen LogP contribution in [0.1, 0.15) is 43.2 Å². The predicted molar refractivity (Wildman–Crippen MR) is 74.8 cm³/mol. The Hall–Kier alpha value is -1.55. The first-order chi connectivity index (χ1) is 9.14. The van der Waals surface area contributed by atoms with Gasteiger partial charge in [0, 0.05) is 0 Å². The molecule has 0 unspecified atom stereocenters. The first-order valence-electron chi connectivity index (χ1n) is 6.80. The summed E-state index contributed by atoms with van der Waals surface area (Å²) >= 11 is 0. The van der Waals surface area contributed by atoms with Crippen molar-refractivity contribution in [2.75, 3.05) is 7.11 Å². The highest BCUT2D eigenvalue weighted by Gasteiger charge is 2.40. The molecule has 1 aliphatic carbocycles. The molecule has 1 saturated carbocycles. The highest BCUT2D eigenvalue weighted by molar-refractivity contribution is 5.88. The molecule has 1 aromatic carbocycles. The van der Waals surface area contributed by atoms with E-state index in [4.69, 9.17) is 10.6 Å². The topological polar surface area (TPSA) is 64.3 Å². The van der Waals surface area contributed by atoms with Crippen LogP contribution in [0.15, 0.2) is 18.2 Å². The third-order valence-electron chi connectivity index (χ3n) is 4.22. The molecule has 0 saturated heterocycles. The smallest absolute Gasteiger partial charge is 0.244 e. The highest BCUT2D eigenvalue weighted by Crippen LogP contribution is 2.40. The van der Waals surface area contributed by atoms with Gasteiger partial charge in [0.25, 0.3) is 0 Å². The lowest BCUT2D eigenvalue weighted by molar-refractivity contribution is -0.128. The van der Waals surface area contributed by atoms with Crippen LogP contribution in [0.2, 0.25) is 0 Å². The normalized spacial score (nSPS) is 17.8. The van der Waals surface area contributed by atoms with Crippen LogP contribution < -0.4 is 16.0 Å². The minimum absolute atomic E-state index is 0.0724. The first kappa shape index (κ1) is 13.9. The summed E-state index contributed by atoms with van der Waals surface area (Å²) in [5.41, 5.74) is 3.98. The van der Waals surface area contributed by atoms with Crippen molar-refractivity contribution in [2.45, 2.75) is 44.4 Å². The van der Waals surface area contributed by atoms with Crippen molar-refractivity contribution in [1.82, 2.24) is 5.43 Å². The van der Waals surface area contributed by atoms with Crippen molar-refractivity contribution in [3.63, 3.8) is 0 Å². The summed E-state index contributed by atoms with van der Waals surface area (Å²) in [5.74, 6) is 6.17. The van der Waals surface area contributed by atoms with Gasteiger partial charge >= 0.3 is 0 Å². The molecule has 4 nitrogen and oxygen atoms in total. The number of rotatable bonds is 3. The number of benzene rings is 1. The second-order valence-electron chi connectivity index (χ2n) is 5.30. The molecule has 0 radical (unpaired) electrons. The van der Waals surface area contributed by atoms with E-state index < -0.39 is 5.41 Å². The van der Waals surface area contributed by atoms with Crippen LogP contribution in [0.3, 0.4) is 0 Å². The van der Waals surface area contributed by atoms with Crippen molar-refractivity contribution < 1.29 is 9.53 Å². The van der Waals surface area contributed by atoms with Crippen molar-refractivity contribution in [3.05, 3.63) is 29.3 Å². The standard InChI is InChI=1S/C15H22N2O2/c1-11-10-12(6-7-13(11)19-2)15(14(18)17-16)8-4-3-5-9-15/h6-7,10H,3-5,8-9,16H2,1-2H3,(H,17,18). The third kappa shape index (κ3) is 2.45. The van der Waals surface area contributed by atoms with Gasteiger partial charge in [0.05, 0.1) is 12.5 Å². The summed E-state index contributed by atoms with van der Waals surface area (Å²) in [6.45, 7) is 2.00. The Balaban J connectivity index is 2.43. The molecule has 1 amide bonds. The van der Waals surface area contributed by atoms with E-state index in [0.29, 0.717) is 0 Å². The van der Waals surface area contributed by atoms with E-state index in [1.807, 2.05) is 19.1 Å². The lowest BCUT2D eigenvalue weighted by Crippen LogP contribution is -2.48. The molecule has 1 fully saturated rings. The maximum Gasteiger partial charge on any atom is 0.244 e. The van der Waals surface area contributed by atoms with E-state index in [2.05, 4.69) is 11.5 Å². The average Bonchev–Trinajstić information content (AvgIpc) is 2.47. The number of nitrogens with two attached hydrogens (primary N) is 1. The van der Waals surface area contributed by atoms with Crippen LogP contribution in [0.4, 0.5) is 0 Å². The Morgan fingerprint density at radius 3 is 2.53 bits per heavy atom. The van der Waals surface area contributed by atoms with Gasteiger partial charge in [-0.15, -0.1) is 0 Å². The molecular weight excluding hydrogens is 240 g/mol. The fourth-order valence-electron chi connectivity index (χ4n) is 3.12. The van der Waals surface area contributed by atoms with Gasteiger partial charge < -0.3 is 4.74 Å². The second kappa shape index (κ2) is 5.61. The Labute approximate surface area is 114 Å². The van der Waals surface area contributed by atoms with E-state index in [-0.39, 0.29) is 5.91 Å². The third-order valence-corrected chi connectivity index (χ3v) is 4.22. The van der Waals surface area contributed by atoms with Gasteiger partial charge in [-0.05, 0) is 37.0 Å². The summed E-state index contributed by atoms with van der Waals surface area (Å²) in [6, 6.07) is 5.98. The molecule has 104 valence electrons. The SMILES string of the molecule is COc1ccc(C2(C(=O)NN)CCCCC2)cc1C. The van der Waals surface area contributed by atoms with Crippen LogP contribution in [0.25, 0.3) is 0 Å². The summed E-state index contributed by atoms with van der Waals surface area (Å²) in [4.78, 5) is 12.3. The van der Waals surface area contributed by atoms with E-state index in [1.54, 1.807) is 7.11 Å². The molecule has 4 heteroatoms. The molecule has 2 rings (SSSR count). The molecule has 0 spiro atoms. The molecule has 1 aliphatic rings. The van der Waals surface area contributed by atoms with Crippen LogP contribution in [-0.2, 0) is 10.2 Å². The predicted octanol–water partition coefficient (Wildman–Crippen LogP) is 2.20. The minimum atomic E-state index is -0.468. The Bertz CT molecular complexity index is 465. The van der Waals surface area contributed by atoms with E-state index in [9.17, 15) is 4.79 Å². The van der Waals surface area contributed by atoms with Crippen LogP contribution >= 0.6 is 0 Å². The van der Waals surface area contributed by atoms with E-state index in [0.717, 1.165) is 42.6 Å². The van der Waals surface area contributed by atoms with Crippen molar-refractivity contribution in [3.8, 4) is 5.75 Å². The number of amides is 1. The number of nitrogens with one attached hydrogen (secondary N) is 1. The molecule has 0 bridgehead atoms. The number of hydrogen-bond donors (Lipinski definition) is 2. The molecule has 19 heavy (non-hydrogen) atoms. The zero-order chi connectivity index (χ0) is 13.9. The highest BCUT2D eigenvalue weighted by atomic mass is 16.5. The van der Waals surface area contributed by atoms with Gasteiger partial charge in [-0.2, -0.15) is 0 Å². The Morgan fingerprint density at radius 2 is 2.00 bits per heavy atom. The van der Waals surface area contributed by atoms with Crippen molar-refractivity contribution in [2.24, 2.45) is 5.84 Å². The van der Waals surface area contributed by atoms with Crippen LogP contribution in [0.5, 0.6) is 5.75 Å². The number of hydrazine groups is 1. The molecule has 1 aromatic rings. The monoisotopic (exact) mass is 262 g/mol. The quantitative estimate of drug-likeness (QED) is 0.498. The van der Waals surface area contributed by atoms with Gasteiger partial charge in [0.15, 0.2) is 0 Å². The maximum atomic E-state index is 12.3. The molecule has 3 N–H and O–H groups in total. The second-order valence-corrected chi connectivity index (χ2v) is 5.30. The van der Waals surface area contributed by atoms with Crippen LogP contribution in [0, 0.1) is 6.92 Å². The van der Waals surface area contributed by atoms with Crippen molar-refractivity contribution >= 4 is 5.91 Å². The van der Waals surface area contributed by atoms with Gasteiger partial charge in [-0.1, -0.05) is 31.4 Å². The summed E-state index contributed by atoms with van der Waals surface area (Å²) < 4.78 is 5.28. The number of carbonyl (C=O) groups excluding carboxylic acids is 1. The maximum absolute atomic E-state index is 12.3. The van der Waals surface area contributed by atoms with Gasteiger partial charge in [-0.3, -0.25) is 10.2 Å². The average molecular weight is 262 g/mol. The van der Waals surface area contributed by atoms with E-state index >= 15 is 0 Å².